The van der Waals surface area contributed by atoms with Gasteiger partial charge in [0, 0.05) is 18.2 Å². The van der Waals surface area contributed by atoms with Crippen molar-refractivity contribution in [1.29, 1.82) is 0 Å². The number of rotatable bonds is 5. The number of methoxy groups -OCH3 is 1. The zero-order valence-corrected chi connectivity index (χ0v) is 14.7. The van der Waals surface area contributed by atoms with Crippen molar-refractivity contribution in [1.82, 2.24) is 5.32 Å². The molecule has 134 valence electrons. The van der Waals surface area contributed by atoms with Crippen molar-refractivity contribution in [2.24, 2.45) is 5.73 Å². The largest absolute Gasteiger partial charge is 0.493 e. The summed E-state index contributed by atoms with van der Waals surface area (Å²) in [5.41, 5.74) is 7.52. The quantitative estimate of drug-likeness (QED) is 0.850. The summed E-state index contributed by atoms with van der Waals surface area (Å²) in [6.45, 7) is 1.24. The monoisotopic (exact) mass is 364 g/mol. The first-order valence-electron chi connectivity index (χ1n) is 7.75. The van der Waals surface area contributed by atoms with Gasteiger partial charge in [-0.3, -0.25) is 4.79 Å². The fourth-order valence-corrected chi connectivity index (χ4v) is 2.53. The minimum atomic E-state index is -0.269. The molecule has 0 aromatic heterocycles. The maximum atomic E-state index is 12.4. The van der Waals surface area contributed by atoms with Crippen molar-refractivity contribution >= 4 is 18.3 Å². The molecule has 2 aromatic carbocycles. The maximum absolute atomic E-state index is 12.4. The Bertz CT molecular complexity index is 707. The first kappa shape index (κ1) is 18.9. The molecular formula is C18H21ClN2O4. The molecule has 1 heterocycles. The number of benzene rings is 2. The predicted molar refractivity (Wildman–Crippen MR) is 96.9 cm³/mol. The van der Waals surface area contributed by atoms with Crippen molar-refractivity contribution in [3.63, 3.8) is 0 Å². The zero-order chi connectivity index (χ0) is 16.9. The summed E-state index contributed by atoms with van der Waals surface area (Å²) in [6.07, 6.45) is 0. The van der Waals surface area contributed by atoms with Crippen LogP contribution in [-0.2, 0) is 0 Å². The van der Waals surface area contributed by atoms with E-state index in [-0.39, 0.29) is 24.4 Å². The van der Waals surface area contributed by atoms with E-state index in [1.54, 1.807) is 12.1 Å². The van der Waals surface area contributed by atoms with Crippen LogP contribution in [0.25, 0.3) is 0 Å². The number of nitrogens with two attached hydrogens (primary N) is 1. The van der Waals surface area contributed by atoms with Gasteiger partial charge in [0.1, 0.15) is 13.2 Å². The number of hydrogen-bond donors (Lipinski definition) is 2. The van der Waals surface area contributed by atoms with Crippen molar-refractivity contribution in [3.05, 3.63) is 53.6 Å². The highest BCUT2D eigenvalue weighted by Gasteiger charge is 2.21. The van der Waals surface area contributed by atoms with Gasteiger partial charge in [0.15, 0.2) is 11.5 Å². The Hall–Kier alpha value is -2.44. The third kappa shape index (κ3) is 4.35. The molecule has 1 aliphatic heterocycles. The van der Waals surface area contributed by atoms with E-state index in [9.17, 15) is 4.79 Å². The Balaban J connectivity index is 0.00000225. The summed E-state index contributed by atoms with van der Waals surface area (Å²) in [4.78, 5) is 12.4. The minimum Gasteiger partial charge on any atom is -0.493 e. The van der Waals surface area contributed by atoms with E-state index in [1.165, 1.54) is 7.11 Å². The van der Waals surface area contributed by atoms with Crippen LogP contribution in [0.2, 0.25) is 0 Å². The lowest BCUT2D eigenvalue weighted by Crippen LogP contribution is -2.32. The van der Waals surface area contributed by atoms with E-state index in [2.05, 4.69) is 5.32 Å². The zero-order valence-electron chi connectivity index (χ0n) is 13.9. The van der Waals surface area contributed by atoms with Crippen LogP contribution in [0.15, 0.2) is 42.5 Å². The summed E-state index contributed by atoms with van der Waals surface area (Å²) in [5, 5.41) is 2.84. The Labute approximate surface area is 152 Å². The number of hydrogen-bond acceptors (Lipinski definition) is 5. The highest BCUT2D eigenvalue weighted by atomic mass is 35.5. The highest BCUT2D eigenvalue weighted by molar-refractivity contribution is 5.95. The van der Waals surface area contributed by atoms with Crippen LogP contribution in [0.3, 0.4) is 0 Å². The SMILES string of the molecule is COc1cc(C(=O)NCC(N)c2ccccc2)cc2c1OCCO2.Cl. The van der Waals surface area contributed by atoms with Gasteiger partial charge in [-0.2, -0.15) is 0 Å². The van der Waals surface area contributed by atoms with Gasteiger partial charge in [-0.1, -0.05) is 30.3 Å². The molecule has 0 fully saturated rings. The Morgan fingerprint density at radius 1 is 1.24 bits per heavy atom. The molecule has 2 aromatic rings. The number of ether oxygens (including phenoxy) is 3. The molecule has 0 aliphatic carbocycles. The van der Waals surface area contributed by atoms with Gasteiger partial charge >= 0.3 is 0 Å². The molecule has 1 unspecified atom stereocenters. The molecule has 0 spiro atoms. The second kappa shape index (κ2) is 8.60. The van der Waals surface area contributed by atoms with Crippen molar-refractivity contribution in [2.45, 2.75) is 6.04 Å². The van der Waals surface area contributed by atoms with Gasteiger partial charge in [0.2, 0.25) is 5.75 Å². The minimum absolute atomic E-state index is 0. The van der Waals surface area contributed by atoms with E-state index in [0.29, 0.717) is 42.6 Å². The smallest absolute Gasteiger partial charge is 0.251 e. The lowest BCUT2D eigenvalue weighted by Gasteiger charge is -2.21. The fraction of sp³-hybridized carbons (Fsp3) is 0.278. The van der Waals surface area contributed by atoms with Crippen molar-refractivity contribution < 1.29 is 19.0 Å². The van der Waals surface area contributed by atoms with E-state index in [0.717, 1.165) is 5.56 Å². The third-order valence-corrected chi connectivity index (χ3v) is 3.80. The lowest BCUT2D eigenvalue weighted by atomic mass is 10.1. The van der Waals surface area contributed by atoms with Crippen LogP contribution in [0.1, 0.15) is 22.0 Å². The van der Waals surface area contributed by atoms with Crippen LogP contribution in [0.5, 0.6) is 17.2 Å². The van der Waals surface area contributed by atoms with Crippen molar-refractivity contribution in [2.75, 3.05) is 26.9 Å². The second-order valence-corrected chi connectivity index (χ2v) is 5.43. The van der Waals surface area contributed by atoms with Crippen LogP contribution in [0, 0.1) is 0 Å². The molecule has 7 heteroatoms. The maximum Gasteiger partial charge on any atom is 0.251 e. The van der Waals surface area contributed by atoms with Gasteiger partial charge in [-0.15, -0.1) is 12.4 Å². The number of carbonyl (C=O) groups excluding carboxylic acids is 1. The summed E-state index contributed by atoms with van der Waals surface area (Å²) in [6, 6.07) is 12.7. The normalized spacial score (nSPS) is 13.4. The van der Waals surface area contributed by atoms with Gasteiger partial charge in [-0.25, -0.2) is 0 Å². The van der Waals surface area contributed by atoms with E-state index >= 15 is 0 Å². The summed E-state index contributed by atoms with van der Waals surface area (Å²) in [5.74, 6) is 1.28. The van der Waals surface area contributed by atoms with Crippen LogP contribution >= 0.6 is 12.4 Å². The van der Waals surface area contributed by atoms with E-state index < -0.39 is 0 Å². The molecule has 3 N–H and O–H groups in total. The first-order valence-corrected chi connectivity index (χ1v) is 7.75. The molecule has 1 atom stereocenters. The molecular weight excluding hydrogens is 344 g/mol. The predicted octanol–water partition coefficient (Wildman–Crippen LogP) is 2.32. The van der Waals surface area contributed by atoms with E-state index in [1.807, 2.05) is 30.3 Å². The van der Waals surface area contributed by atoms with Crippen LogP contribution in [0.4, 0.5) is 0 Å². The number of amides is 1. The first-order chi connectivity index (χ1) is 11.7. The van der Waals surface area contributed by atoms with Gasteiger partial charge in [-0.05, 0) is 17.7 Å². The third-order valence-electron chi connectivity index (χ3n) is 3.80. The fourth-order valence-electron chi connectivity index (χ4n) is 2.53. The molecule has 0 bridgehead atoms. The second-order valence-electron chi connectivity index (χ2n) is 5.43. The summed E-state index contributed by atoms with van der Waals surface area (Å²) >= 11 is 0. The summed E-state index contributed by atoms with van der Waals surface area (Å²) in [7, 11) is 1.53. The average Bonchev–Trinajstić information content (AvgIpc) is 2.65. The highest BCUT2D eigenvalue weighted by Crippen LogP contribution is 2.40. The number of nitrogens with one attached hydrogen (secondary N) is 1. The molecule has 3 rings (SSSR count). The van der Waals surface area contributed by atoms with Gasteiger partial charge in [0.05, 0.1) is 7.11 Å². The number of fused-ring (bicyclic) bond motifs is 1. The number of halogens is 1. The Morgan fingerprint density at radius 2 is 1.96 bits per heavy atom. The van der Waals surface area contributed by atoms with Crippen molar-refractivity contribution in [3.8, 4) is 17.2 Å². The summed E-state index contributed by atoms with van der Waals surface area (Å²) < 4.78 is 16.4. The molecule has 1 amide bonds. The molecule has 0 saturated heterocycles. The molecule has 25 heavy (non-hydrogen) atoms. The topological polar surface area (TPSA) is 82.8 Å². The van der Waals surface area contributed by atoms with Crippen LogP contribution < -0.4 is 25.3 Å². The van der Waals surface area contributed by atoms with E-state index in [4.69, 9.17) is 19.9 Å². The molecule has 1 aliphatic rings. The average molecular weight is 365 g/mol. The Kier molecular flexibility index (Phi) is 6.50. The lowest BCUT2D eigenvalue weighted by molar-refractivity contribution is 0.0949. The van der Waals surface area contributed by atoms with Gasteiger partial charge in [0.25, 0.3) is 5.91 Å². The Morgan fingerprint density at radius 3 is 2.68 bits per heavy atom. The standard InChI is InChI=1S/C18H20N2O4.ClH/c1-22-15-9-13(10-16-17(15)24-8-7-23-16)18(21)20-11-14(19)12-5-3-2-4-6-12;/h2-6,9-10,14H,7-8,11,19H2,1H3,(H,20,21);1H. The molecule has 0 radical (unpaired) electrons. The van der Waals surface area contributed by atoms with Crippen LogP contribution in [-0.4, -0.2) is 32.8 Å². The molecule has 6 nitrogen and oxygen atoms in total. The number of carbonyl (C=O) groups is 1. The molecule has 0 saturated carbocycles. The van der Waals surface area contributed by atoms with Gasteiger partial charge < -0.3 is 25.3 Å².